The first-order valence-electron chi connectivity index (χ1n) is 3.98. The number of carbonyl (C=O) groups is 1. The average Bonchev–Trinajstić information content (AvgIpc) is 2.66. The summed E-state index contributed by atoms with van der Waals surface area (Å²) in [6.45, 7) is 4.15. The van der Waals surface area contributed by atoms with E-state index in [-0.39, 0.29) is 12.2 Å². The van der Waals surface area contributed by atoms with Crippen LogP contribution in [0.4, 0.5) is 0 Å². The maximum Gasteiger partial charge on any atom is 0.151 e. The van der Waals surface area contributed by atoms with Crippen molar-refractivity contribution in [1.29, 1.82) is 0 Å². The lowest BCUT2D eigenvalue weighted by Crippen LogP contribution is -1.93. The Bertz CT molecular complexity index is 168. The minimum absolute atomic E-state index is 0.0967. The molecule has 62 valence electrons. The van der Waals surface area contributed by atoms with Gasteiger partial charge in [-0.05, 0) is 26.7 Å². The van der Waals surface area contributed by atoms with Gasteiger partial charge in [-0.15, -0.1) is 0 Å². The van der Waals surface area contributed by atoms with Gasteiger partial charge in [0.25, 0.3) is 0 Å². The van der Waals surface area contributed by atoms with E-state index in [0.29, 0.717) is 0 Å². The van der Waals surface area contributed by atoms with E-state index in [1.54, 1.807) is 0 Å². The van der Waals surface area contributed by atoms with Crippen molar-refractivity contribution in [3.8, 4) is 0 Å². The molecular formula is C9H14O2. The van der Waals surface area contributed by atoms with Crippen molar-refractivity contribution in [3.63, 3.8) is 0 Å². The molecule has 0 aromatic rings. The van der Waals surface area contributed by atoms with E-state index in [1.165, 1.54) is 5.57 Å². The van der Waals surface area contributed by atoms with Gasteiger partial charge in [-0.25, -0.2) is 0 Å². The number of allylic oxidation sites excluding steroid dienone is 2. The fourth-order valence-electron chi connectivity index (χ4n) is 1.04. The number of ether oxygens (including phenoxy) is 1. The molecule has 0 radical (unpaired) electrons. The first-order chi connectivity index (χ1) is 5.24. The van der Waals surface area contributed by atoms with E-state index in [2.05, 4.69) is 19.9 Å². The maximum atomic E-state index is 10.1. The Morgan fingerprint density at radius 3 is 2.73 bits per heavy atom. The molecule has 0 amide bonds. The average molecular weight is 154 g/mol. The third kappa shape index (κ3) is 2.85. The highest BCUT2D eigenvalue weighted by molar-refractivity contribution is 5.60. The van der Waals surface area contributed by atoms with E-state index in [4.69, 9.17) is 4.74 Å². The standard InChI is InChI=1S/C9H14O2/c1-7(2)4-3-5-8-9(6-10)11-8/h4,6,8-9H,3,5H2,1-2H3. The van der Waals surface area contributed by atoms with Crippen LogP contribution in [0, 0.1) is 0 Å². The Balaban J connectivity index is 2.06. The molecule has 0 bridgehead atoms. The number of hydrogen-bond acceptors (Lipinski definition) is 2. The van der Waals surface area contributed by atoms with Gasteiger partial charge in [0.15, 0.2) is 6.29 Å². The van der Waals surface area contributed by atoms with Crippen LogP contribution in [0.25, 0.3) is 0 Å². The molecule has 1 aliphatic heterocycles. The van der Waals surface area contributed by atoms with Gasteiger partial charge < -0.3 is 9.53 Å². The van der Waals surface area contributed by atoms with Crippen LogP contribution in [0.3, 0.4) is 0 Å². The molecule has 2 unspecified atom stereocenters. The van der Waals surface area contributed by atoms with E-state index >= 15 is 0 Å². The first-order valence-corrected chi connectivity index (χ1v) is 3.98. The number of hydrogen-bond donors (Lipinski definition) is 0. The summed E-state index contributed by atoms with van der Waals surface area (Å²) in [7, 11) is 0. The van der Waals surface area contributed by atoms with Crippen LogP contribution in [0.5, 0.6) is 0 Å². The van der Waals surface area contributed by atoms with Crippen LogP contribution in [-0.4, -0.2) is 18.5 Å². The van der Waals surface area contributed by atoms with E-state index in [1.807, 2.05) is 0 Å². The molecule has 0 spiro atoms. The van der Waals surface area contributed by atoms with Gasteiger partial charge in [0.1, 0.15) is 6.10 Å². The quantitative estimate of drug-likeness (QED) is 0.350. The molecule has 1 heterocycles. The van der Waals surface area contributed by atoms with Gasteiger partial charge in [0.05, 0.1) is 6.10 Å². The van der Waals surface area contributed by atoms with Gasteiger partial charge in [-0.1, -0.05) is 11.6 Å². The number of aldehydes is 1. The molecule has 0 aromatic heterocycles. The third-order valence-corrected chi connectivity index (χ3v) is 1.76. The normalized spacial score (nSPS) is 27.8. The van der Waals surface area contributed by atoms with Crippen LogP contribution in [-0.2, 0) is 9.53 Å². The Morgan fingerprint density at radius 2 is 2.27 bits per heavy atom. The molecule has 2 atom stereocenters. The Labute approximate surface area is 67.2 Å². The molecule has 0 N–H and O–H groups in total. The van der Waals surface area contributed by atoms with Crippen molar-refractivity contribution in [3.05, 3.63) is 11.6 Å². The summed E-state index contributed by atoms with van der Waals surface area (Å²) >= 11 is 0. The van der Waals surface area contributed by atoms with Crippen LogP contribution in [0.1, 0.15) is 26.7 Å². The predicted octanol–water partition coefficient (Wildman–Crippen LogP) is 1.70. The molecule has 0 aromatic carbocycles. The van der Waals surface area contributed by atoms with Gasteiger partial charge in [-0.3, -0.25) is 0 Å². The number of carbonyl (C=O) groups excluding carboxylic acids is 1. The SMILES string of the molecule is CC(C)=CCCC1OC1C=O. The molecule has 0 saturated carbocycles. The maximum absolute atomic E-state index is 10.1. The summed E-state index contributed by atoms with van der Waals surface area (Å²) in [5.74, 6) is 0. The van der Waals surface area contributed by atoms with Gasteiger partial charge in [0.2, 0.25) is 0 Å². The predicted molar refractivity (Wildman–Crippen MR) is 43.4 cm³/mol. The minimum atomic E-state index is -0.0967. The summed E-state index contributed by atoms with van der Waals surface area (Å²) in [6.07, 6.45) is 5.17. The fraction of sp³-hybridized carbons (Fsp3) is 0.667. The molecule has 1 rings (SSSR count). The van der Waals surface area contributed by atoms with E-state index < -0.39 is 0 Å². The molecular weight excluding hydrogens is 140 g/mol. The summed E-state index contributed by atoms with van der Waals surface area (Å²) in [6, 6.07) is 0. The highest BCUT2D eigenvalue weighted by Gasteiger charge is 2.37. The summed E-state index contributed by atoms with van der Waals surface area (Å²) < 4.78 is 5.05. The van der Waals surface area contributed by atoms with Crippen LogP contribution >= 0.6 is 0 Å². The second kappa shape index (κ2) is 3.67. The van der Waals surface area contributed by atoms with Crippen LogP contribution < -0.4 is 0 Å². The fourth-order valence-corrected chi connectivity index (χ4v) is 1.04. The van der Waals surface area contributed by atoms with Crippen molar-refractivity contribution < 1.29 is 9.53 Å². The van der Waals surface area contributed by atoms with Crippen LogP contribution in [0.2, 0.25) is 0 Å². The first kappa shape index (κ1) is 8.47. The molecule has 11 heavy (non-hydrogen) atoms. The molecule has 1 fully saturated rings. The van der Waals surface area contributed by atoms with Gasteiger partial charge in [0, 0.05) is 0 Å². The zero-order chi connectivity index (χ0) is 8.27. The number of rotatable bonds is 4. The van der Waals surface area contributed by atoms with Crippen molar-refractivity contribution in [2.24, 2.45) is 0 Å². The zero-order valence-electron chi connectivity index (χ0n) is 7.04. The Morgan fingerprint density at radius 1 is 1.55 bits per heavy atom. The smallest absolute Gasteiger partial charge is 0.151 e. The molecule has 2 nitrogen and oxygen atoms in total. The van der Waals surface area contributed by atoms with Gasteiger partial charge in [-0.2, -0.15) is 0 Å². The van der Waals surface area contributed by atoms with Crippen LogP contribution in [0.15, 0.2) is 11.6 Å². The van der Waals surface area contributed by atoms with Crippen molar-refractivity contribution in [2.45, 2.75) is 38.9 Å². The van der Waals surface area contributed by atoms with Crippen molar-refractivity contribution in [1.82, 2.24) is 0 Å². The molecule has 1 aliphatic rings. The lowest BCUT2D eigenvalue weighted by Gasteiger charge is -1.89. The van der Waals surface area contributed by atoms with Gasteiger partial charge >= 0.3 is 0 Å². The van der Waals surface area contributed by atoms with E-state index in [9.17, 15) is 4.79 Å². The lowest BCUT2D eigenvalue weighted by molar-refractivity contribution is -0.108. The Hall–Kier alpha value is -0.630. The monoisotopic (exact) mass is 154 g/mol. The Kier molecular flexibility index (Phi) is 2.83. The summed E-state index contributed by atoms with van der Waals surface area (Å²) in [4.78, 5) is 10.1. The van der Waals surface area contributed by atoms with E-state index in [0.717, 1.165) is 19.1 Å². The second-order valence-electron chi connectivity index (χ2n) is 3.13. The molecule has 2 heteroatoms. The molecule has 0 aliphatic carbocycles. The van der Waals surface area contributed by atoms with Crippen molar-refractivity contribution in [2.75, 3.05) is 0 Å². The second-order valence-corrected chi connectivity index (χ2v) is 3.13. The lowest BCUT2D eigenvalue weighted by atomic mass is 10.1. The minimum Gasteiger partial charge on any atom is -0.362 e. The highest BCUT2D eigenvalue weighted by Crippen LogP contribution is 2.24. The summed E-state index contributed by atoms with van der Waals surface area (Å²) in [5.41, 5.74) is 1.33. The highest BCUT2D eigenvalue weighted by atomic mass is 16.6. The number of epoxide rings is 1. The topological polar surface area (TPSA) is 29.6 Å². The summed E-state index contributed by atoms with van der Waals surface area (Å²) in [5, 5.41) is 0. The molecule has 1 saturated heterocycles. The van der Waals surface area contributed by atoms with Crippen molar-refractivity contribution >= 4 is 6.29 Å². The largest absolute Gasteiger partial charge is 0.362 e. The zero-order valence-corrected chi connectivity index (χ0v) is 7.04. The third-order valence-electron chi connectivity index (χ3n) is 1.76.